The molecule has 1 aliphatic rings. The molecule has 0 N–H and O–H groups in total. The number of hydrogen-bond donors (Lipinski definition) is 0. The molecule has 0 aliphatic heterocycles. The van der Waals surface area contributed by atoms with Crippen LogP contribution in [0.3, 0.4) is 0 Å². The fraction of sp³-hybridized carbons (Fsp3) is 0.0952. The molecule has 0 saturated carbocycles. The van der Waals surface area contributed by atoms with Crippen molar-refractivity contribution < 1.29 is 31.6 Å². The van der Waals surface area contributed by atoms with Crippen molar-refractivity contribution in [2.45, 2.75) is 0 Å². The standard InChI is InChI=1S/C16H16O3.C5H5.Fe/c1-18-15-10-8-12(11-16(15)19-2)7-9-14(17)13-5-3-4-6-13;1-2-4-5-3-1;/h3-11,17H,1-2H3;1-5H;/q;-1;+2/p-1/b9-7+;;. The quantitative estimate of drug-likeness (QED) is 0.462. The third-order valence-corrected chi connectivity index (χ3v) is 3.34. The van der Waals surface area contributed by atoms with Gasteiger partial charge in [0, 0.05) is 0 Å². The van der Waals surface area contributed by atoms with Crippen molar-refractivity contribution in [3.8, 4) is 11.5 Å². The van der Waals surface area contributed by atoms with Gasteiger partial charge in [-0.1, -0.05) is 42.5 Å². The van der Waals surface area contributed by atoms with E-state index < -0.39 is 0 Å². The molecule has 0 bridgehead atoms. The van der Waals surface area contributed by atoms with Gasteiger partial charge in [-0.05, 0) is 23.3 Å². The van der Waals surface area contributed by atoms with Crippen LogP contribution in [0.15, 0.2) is 90.2 Å². The van der Waals surface area contributed by atoms with Crippen LogP contribution in [0.2, 0.25) is 0 Å². The molecule has 0 atom stereocenters. The molecule has 0 amide bonds. The molecule has 0 unspecified atom stereocenters. The van der Waals surface area contributed by atoms with Gasteiger partial charge in [-0.2, -0.15) is 18.2 Å². The largest absolute Gasteiger partial charge is 2.00 e. The first kappa shape index (κ1) is 20.5. The number of methoxy groups -OCH3 is 2. The maximum absolute atomic E-state index is 11.8. The van der Waals surface area contributed by atoms with E-state index in [0.717, 1.165) is 5.56 Å². The first-order valence-corrected chi connectivity index (χ1v) is 7.57. The zero-order valence-corrected chi connectivity index (χ0v) is 15.3. The topological polar surface area (TPSA) is 41.5 Å². The monoisotopic (exact) mass is 376 g/mol. The predicted molar refractivity (Wildman–Crippen MR) is 95.9 cm³/mol. The van der Waals surface area contributed by atoms with Crippen LogP contribution in [0.25, 0.3) is 6.08 Å². The van der Waals surface area contributed by atoms with Gasteiger partial charge in [0.2, 0.25) is 0 Å². The zero-order chi connectivity index (χ0) is 17.2. The molecule has 1 aliphatic carbocycles. The van der Waals surface area contributed by atoms with Crippen molar-refractivity contribution in [1.29, 1.82) is 0 Å². The van der Waals surface area contributed by atoms with Crippen molar-refractivity contribution in [1.82, 2.24) is 0 Å². The summed E-state index contributed by atoms with van der Waals surface area (Å²) in [4.78, 5) is 0. The first-order valence-electron chi connectivity index (χ1n) is 7.57. The van der Waals surface area contributed by atoms with E-state index in [-0.39, 0.29) is 22.8 Å². The number of benzene rings is 1. The van der Waals surface area contributed by atoms with Gasteiger partial charge in [0.1, 0.15) is 0 Å². The molecule has 130 valence electrons. The van der Waals surface area contributed by atoms with Crippen molar-refractivity contribution in [3.63, 3.8) is 0 Å². The third-order valence-electron chi connectivity index (χ3n) is 3.34. The van der Waals surface area contributed by atoms with Crippen LogP contribution < -0.4 is 14.6 Å². The smallest absolute Gasteiger partial charge is 0.872 e. The molecule has 0 radical (unpaired) electrons. The van der Waals surface area contributed by atoms with Crippen molar-refractivity contribution in [3.05, 3.63) is 95.8 Å². The summed E-state index contributed by atoms with van der Waals surface area (Å²) in [6.45, 7) is 0. The van der Waals surface area contributed by atoms with Gasteiger partial charge in [-0.25, -0.2) is 12.1 Å². The summed E-state index contributed by atoms with van der Waals surface area (Å²) >= 11 is 0. The molecule has 0 fully saturated rings. The Balaban J connectivity index is 0.000000448. The fourth-order valence-electron chi connectivity index (χ4n) is 2.08. The van der Waals surface area contributed by atoms with E-state index >= 15 is 0 Å². The van der Waals surface area contributed by atoms with Crippen LogP contribution in [-0.4, -0.2) is 14.2 Å². The molecular formula is C21H20FeO3. The Morgan fingerprint density at radius 2 is 1.64 bits per heavy atom. The Kier molecular flexibility index (Phi) is 9.08. The third kappa shape index (κ3) is 6.46. The van der Waals surface area contributed by atoms with E-state index in [4.69, 9.17) is 9.47 Å². The molecule has 25 heavy (non-hydrogen) atoms. The van der Waals surface area contributed by atoms with Crippen LogP contribution in [-0.2, 0) is 17.1 Å². The molecule has 2 aromatic rings. The maximum Gasteiger partial charge on any atom is 2.00 e. The molecule has 0 spiro atoms. The zero-order valence-electron chi connectivity index (χ0n) is 14.2. The molecule has 0 saturated heterocycles. The van der Waals surface area contributed by atoms with Gasteiger partial charge in [-0.3, -0.25) is 0 Å². The number of hydrogen-bond acceptors (Lipinski definition) is 3. The molecule has 0 heterocycles. The van der Waals surface area contributed by atoms with Crippen LogP contribution in [0, 0.1) is 0 Å². The minimum absolute atomic E-state index is 0. The SMILES string of the molecule is COc1ccc(/C=C/C([O-])=C2C=CC=C2)cc1OC.[Fe+2].c1cc[cH-]c1. The number of allylic oxidation sites excluding steroid dienone is 6. The van der Waals surface area contributed by atoms with Crippen LogP contribution in [0.5, 0.6) is 11.5 Å². The fourth-order valence-corrected chi connectivity index (χ4v) is 2.08. The van der Waals surface area contributed by atoms with Crippen LogP contribution in [0.4, 0.5) is 0 Å². The van der Waals surface area contributed by atoms with E-state index in [1.165, 1.54) is 0 Å². The minimum atomic E-state index is -0.0141. The summed E-state index contributed by atoms with van der Waals surface area (Å²) in [6, 6.07) is 15.5. The Bertz CT molecular complexity index is 722. The van der Waals surface area contributed by atoms with E-state index in [2.05, 4.69) is 0 Å². The summed E-state index contributed by atoms with van der Waals surface area (Å²) in [5, 5.41) is 11.8. The average Bonchev–Trinajstić information content (AvgIpc) is 3.35. The van der Waals surface area contributed by atoms with Gasteiger partial charge in [0.05, 0.1) is 14.2 Å². The molecule has 4 heteroatoms. The van der Waals surface area contributed by atoms with Crippen LogP contribution >= 0.6 is 0 Å². The van der Waals surface area contributed by atoms with Crippen molar-refractivity contribution >= 4 is 6.08 Å². The number of rotatable bonds is 4. The summed E-state index contributed by atoms with van der Waals surface area (Å²) in [7, 11) is 3.17. The summed E-state index contributed by atoms with van der Waals surface area (Å²) < 4.78 is 10.4. The van der Waals surface area contributed by atoms with Crippen molar-refractivity contribution in [2.24, 2.45) is 0 Å². The Morgan fingerprint density at radius 1 is 1.00 bits per heavy atom. The van der Waals surface area contributed by atoms with Gasteiger partial charge >= 0.3 is 17.1 Å². The molecule has 3 nitrogen and oxygen atoms in total. The Morgan fingerprint density at radius 3 is 2.16 bits per heavy atom. The molecule has 2 aromatic carbocycles. The summed E-state index contributed by atoms with van der Waals surface area (Å²) in [5.74, 6) is 1.30. The Labute approximate surface area is 159 Å². The van der Waals surface area contributed by atoms with Crippen LogP contribution in [0.1, 0.15) is 5.56 Å². The molecule has 3 rings (SSSR count). The second kappa shape index (κ2) is 11.1. The van der Waals surface area contributed by atoms with Crippen molar-refractivity contribution in [2.75, 3.05) is 14.2 Å². The number of ether oxygens (including phenoxy) is 2. The van der Waals surface area contributed by atoms with Gasteiger partial charge in [-0.15, -0.1) is 5.76 Å². The van der Waals surface area contributed by atoms with E-state index in [9.17, 15) is 5.11 Å². The van der Waals surface area contributed by atoms with Gasteiger partial charge in [0.25, 0.3) is 0 Å². The first-order chi connectivity index (χ1) is 11.7. The van der Waals surface area contributed by atoms with E-state index in [1.54, 1.807) is 38.5 Å². The molecular weight excluding hydrogens is 356 g/mol. The van der Waals surface area contributed by atoms with Gasteiger partial charge < -0.3 is 14.6 Å². The second-order valence-electron chi connectivity index (χ2n) is 4.95. The molecule has 0 aromatic heterocycles. The Hall–Kier alpha value is -2.55. The summed E-state index contributed by atoms with van der Waals surface area (Å²) in [6.07, 6.45) is 10.6. The summed E-state index contributed by atoms with van der Waals surface area (Å²) in [5.41, 5.74) is 1.58. The van der Waals surface area contributed by atoms with E-state index in [1.807, 2.05) is 60.7 Å². The van der Waals surface area contributed by atoms with Gasteiger partial charge in [0.15, 0.2) is 11.5 Å². The maximum atomic E-state index is 11.8. The normalized spacial score (nSPS) is 11.7. The second-order valence-corrected chi connectivity index (χ2v) is 4.95. The average molecular weight is 376 g/mol. The predicted octanol–water partition coefficient (Wildman–Crippen LogP) is 3.86. The van der Waals surface area contributed by atoms with E-state index in [0.29, 0.717) is 17.1 Å². The minimum Gasteiger partial charge on any atom is -0.872 e.